The second-order valence-electron chi connectivity index (χ2n) is 9.27. The Morgan fingerprint density at radius 3 is 2.41 bits per heavy atom. The van der Waals surface area contributed by atoms with Gasteiger partial charge in [0.1, 0.15) is 18.1 Å². The van der Waals surface area contributed by atoms with Gasteiger partial charge in [-0.05, 0) is 60.9 Å². The van der Waals surface area contributed by atoms with Gasteiger partial charge in [0, 0.05) is 17.1 Å². The van der Waals surface area contributed by atoms with Gasteiger partial charge in [0.25, 0.3) is 5.78 Å². The van der Waals surface area contributed by atoms with Crippen LogP contribution in [0.15, 0.2) is 89.9 Å². The number of nitrogens with zero attached hydrogens (tertiary/aromatic N) is 2. The van der Waals surface area contributed by atoms with E-state index in [9.17, 15) is 14.7 Å². The average Bonchev–Trinajstić information content (AvgIpc) is 3.62. The minimum atomic E-state index is -0.931. The van der Waals surface area contributed by atoms with Crippen LogP contribution in [0.4, 0.5) is 5.13 Å². The van der Waals surface area contributed by atoms with Crippen molar-refractivity contribution in [2.75, 3.05) is 18.1 Å². The van der Waals surface area contributed by atoms with Crippen molar-refractivity contribution in [2.24, 2.45) is 0 Å². The van der Waals surface area contributed by atoms with Gasteiger partial charge < -0.3 is 19.3 Å². The van der Waals surface area contributed by atoms with Crippen LogP contribution < -0.4 is 19.1 Å². The topological polar surface area (TPSA) is 98.2 Å². The Balaban J connectivity index is 1.56. The van der Waals surface area contributed by atoms with Gasteiger partial charge in [-0.15, -0.1) is 11.3 Å². The summed E-state index contributed by atoms with van der Waals surface area (Å²) in [6.07, 6.45) is 2.43. The Kier molecular flexibility index (Phi) is 8.64. The normalized spacial score (nSPS) is 16.1. The molecule has 5 rings (SSSR count). The van der Waals surface area contributed by atoms with E-state index in [2.05, 4.69) is 4.98 Å². The second-order valence-corrected chi connectivity index (χ2v) is 10.1. The van der Waals surface area contributed by atoms with Gasteiger partial charge in [0.2, 0.25) is 0 Å². The van der Waals surface area contributed by atoms with Crippen molar-refractivity contribution in [2.45, 2.75) is 32.9 Å². The van der Waals surface area contributed by atoms with E-state index in [0.717, 1.165) is 12.0 Å². The Morgan fingerprint density at radius 1 is 0.951 bits per heavy atom. The molecule has 9 heteroatoms. The van der Waals surface area contributed by atoms with Crippen molar-refractivity contribution in [3.63, 3.8) is 0 Å². The minimum Gasteiger partial charge on any atom is -0.507 e. The quantitative estimate of drug-likeness (QED) is 0.124. The molecule has 1 N–H and O–H groups in total. The Hall–Kier alpha value is -4.63. The predicted octanol–water partition coefficient (Wildman–Crippen LogP) is 6.54. The van der Waals surface area contributed by atoms with Crippen molar-refractivity contribution in [1.82, 2.24) is 4.98 Å². The number of ketones is 1. The molecule has 1 aliphatic heterocycles. The molecule has 1 amide bonds. The number of aliphatic hydroxyl groups excluding tert-OH is 1. The van der Waals surface area contributed by atoms with Gasteiger partial charge in [0.05, 0.1) is 24.8 Å². The summed E-state index contributed by atoms with van der Waals surface area (Å²) in [6, 6.07) is 20.9. The highest BCUT2D eigenvalue weighted by atomic mass is 32.1. The van der Waals surface area contributed by atoms with Crippen LogP contribution in [0.3, 0.4) is 0 Å². The minimum absolute atomic E-state index is 0.0344. The van der Waals surface area contributed by atoms with E-state index >= 15 is 0 Å². The number of amides is 1. The molecule has 1 fully saturated rings. The highest BCUT2D eigenvalue weighted by Gasteiger charge is 2.48. The van der Waals surface area contributed by atoms with Crippen LogP contribution in [0.2, 0.25) is 0 Å². The van der Waals surface area contributed by atoms with Crippen LogP contribution in [-0.2, 0) is 16.2 Å². The summed E-state index contributed by atoms with van der Waals surface area (Å²) in [5, 5.41) is 13.5. The highest BCUT2D eigenvalue weighted by Crippen LogP contribution is 2.44. The van der Waals surface area contributed by atoms with E-state index in [1.54, 1.807) is 54.0 Å². The largest absolute Gasteiger partial charge is 0.507 e. The van der Waals surface area contributed by atoms with E-state index in [1.807, 2.05) is 44.2 Å². The second kappa shape index (κ2) is 12.7. The standard InChI is InChI=1S/C32H30N2O6S/c1-3-17-39-24-13-10-22(11-14-24)29(35)27-28(34(31(37)30(27)36)32-33-16-18-41-32)23-12-15-25(26(19-23)38-4-2)40-20-21-8-6-5-7-9-21/h5-16,18-19,28,35H,3-4,17,20H2,1-2H3. The van der Waals surface area contributed by atoms with E-state index in [1.165, 1.54) is 16.2 Å². The molecule has 8 nitrogen and oxygen atoms in total. The van der Waals surface area contributed by atoms with Crippen molar-refractivity contribution < 1.29 is 28.9 Å². The number of thiazole rings is 1. The number of aromatic nitrogens is 1. The van der Waals surface area contributed by atoms with Crippen molar-refractivity contribution in [3.05, 3.63) is 107 Å². The lowest BCUT2D eigenvalue weighted by Gasteiger charge is -2.24. The first-order chi connectivity index (χ1) is 20.0. The van der Waals surface area contributed by atoms with E-state index in [4.69, 9.17) is 14.2 Å². The molecule has 4 aromatic rings. The van der Waals surface area contributed by atoms with Crippen molar-refractivity contribution in [3.8, 4) is 17.2 Å². The fourth-order valence-electron chi connectivity index (χ4n) is 4.58. The summed E-state index contributed by atoms with van der Waals surface area (Å²) in [5.41, 5.74) is 1.93. The first kappa shape index (κ1) is 27.9. The van der Waals surface area contributed by atoms with Crippen LogP contribution >= 0.6 is 11.3 Å². The average molecular weight is 571 g/mol. The molecule has 3 aromatic carbocycles. The number of hydrogen-bond donors (Lipinski definition) is 1. The van der Waals surface area contributed by atoms with Gasteiger partial charge >= 0.3 is 5.91 Å². The van der Waals surface area contributed by atoms with Crippen molar-refractivity contribution in [1.29, 1.82) is 0 Å². The molecule has 2 heterocycles. The van der Waals surface area contributed by atoms with Gasteiger partial charge in [0.15, 0.2) is 16.6 Å². The number of rotatable bonds is 11. The van der Waals surface area contributed by atoms with Crippen LogP contribution in [0.5, 0.6) is 17.2 Å². The summed E-state index contributed by atoms with van der Waals surface area (Å²) in [5.74, 6) is -0.211. The molecule has 0 spiro atoms. The van der Waals surface area contributed by atoms with Gasteiger partial charge in [-0.1, -0.05) is 43.3 Å². The SMILES string of the molecule is CCCOc1ccc(C(O)=C2C(=O)C(=O)N(c3nccs3)C2c2ccc(OCc3ccccc3)c(OCC)c2)cc1. The number of anilines is 1. The Bertz CT molecular complexity index is 1530. The summed E-state index contributed by atoms with van der Waals surface area (Å²) in [4.78, 5) is 32.4. The van der Waals surface area contributed by atoms with Crippen LogP contribution in [0.25, 0.3) is 5.76 Å². The summed E-state index contributed by atoms with van der Waals surface area (Å²) >= 11 is 1.23. The maximum atomic E-state index is 13.4. The zero-order valence-corrected chi connectivity index (χ0v) is 23.6. The van der Waals surface area contributed by atoms with Crippen molar-refractivity contribution >= 4 is 33.9 Å². The van der Waals surface area contributed by atoms with E-state index in [0.29, 0.717) is 53.3 Å². The zero-order valence-electron chi connectivity index (χ0n) is 22.8. The molecule has 0 bridgehead atoms. The highest BCUT2D eigenvalue weighted by molar-refractivity contribution is 7.14. The number of carbonyl (C=O) groups excluding carboxylic acids is 2. The van der Waals surface area contributed by atoms with Crippen LogP contribution in [0, 0.1) is 0 Å². The third kappa shape index (κ3) is 5.95. The first-order valence-corrected chi connectivity index (χ1v) is 14.3. The molecule has 1 atom stereocenters. The smallest absolute Gasteiger partial charge is 0.301 e. The molecule has 1 aliphatic rings. The lowest BCUT2D eigenvalue weighted by Crippen LogP contribution is -2.29. The van der Waals surface area contributed by atoms with E-state index < -0.39 is 17.7 Å². The first-order valence-electron chi connectivity index (χ1n) is 13.4. The molecule has 1 unspecified atom stereocenters. The summed E-state index contributed by atoms with van der Waals surface area (Å²) < 4.78 is 17.6. The van der Waals surface area contributed by atoms with Gasteiger partial charge in [-0.2, -0.15) is 0 Å². The predicted molar refractivity (Wildman–Crippen MR) is 158 cm³/mol. The number of ether oxygens (including phenoxy) is 3. The van der Waals surface area contributed by atoms with Gasteiger partial charge in [-0.25, -0.2) is 4.98 Å². The van der Waals surface area contributed by atoms with Gasteiger partial charge in [-0.3, -0.25) is 14.5 Å². The Morgan fingerprint density at radius 2 is 1.73 bits per heavy atom. The molecule has 210 valence electrons. The maximum Gasteiger partial charge on any atom is 0.301 e. The number of aliphatic hydroxyl groups is 1. The van der Waals surface area contributed by atoms with Crippen LogP contribution in [0.1, 0.15) is 43.0 Å². The lowest BCUT2D eigenvalue weighted by molar-refractivity contribution is -0.132. The molecule has 0 saturated carbocycles. The lowest BCUT2D eigenvalue weighted by atomic mass is 9.95. The molecule has 41 heavy (non-hydrogen) atoms. The molecule has 1 saturated heterocycles. The monoisotopic (exact) mass is 570 g/mol. The molecule has 0 aliphatic carbocycles. The Labute approximate surface area is 242 Å². The number of benzene rings is 3. The summed E-state index contributed by atoms with van der Waals surface area (Å²) in [7, 11) is 0. The number of Topliss-reactive ketones (excluding diaryl/α,β-unsaturated/α-hetero) is 1. The van der Waals surface area contributed by atoms with Crippen LogP contribution in [-0.4, -0.2) is 35.0 Å². The molecular weight excluding hydrogens is 540 g/mol. The third-order valence-corrected chi connectivity index (χ3v) is 7.26. The summed E-state index contributed by atoms with van der Waals surface area (Å²) in [6.45, 7) is 5.17. The van der Waals surface area contributed by atoms with E-state index in [-0.39, 0.29) is 11.3 Å². The molecular formula is C32H30N2O6S. The molecule has 1 aromatic heterocycles. The molecule has 0 radical (unpaired) electrons. The maximum absolute atomic E-state index is 13.4. The number of carbonyl (C=O) groups is 2. The fraction of sp³-hybridized carbons (Fsp3) is 0.219. The zero-order chi connectivity index (χ0) is 28.8. The fourth-order valence-corrected chi connectivity index (χ4v) is 5.25. The number of hydrogen-bond acceptors (Lipinski definition) is 8. The third-order valence-electron chi connectivity index (χ3n) is 6.49.